The fraction of sp³-hybridized carbons (Fsp3) is 0.0667. The first-order valence-electron chi connectivity index (χ1n) is 6.33. The van der Waals surface area contributed by atoms with Crippen LogP contribution in [0, 0.1) is 5.82 Å². The smallest absolute Gasteiger partial charge is 0.230 e. The van der Waals surface area contributed by atoms with Gasteiger partial charge in [0, 0.05) is 11.5 Å². The Labute approximate surface area is 119 Å². The molecule has 0 fully saturated rings. The number of aromatic amines is 1. The van der Waals surface area contributed by atoms with Gasteiger partial charge in [-0.15, -0.1) is 0 Å². The predicted octanol–water partition coefficient (Wildman–Crippen LogP) is 2.59. The third kappa shape index (κ3) is 2.84. The molecule has 0 spiro atoms. The van der Waals surface area contributed by atoms with Gasteiger partial charge in [0.25, 0.3) is 0 Å². The van der Waals surface area contributed by atoms with E-state index < -0.39 is 0 Å². The lowest BCUT2D eigenvalue weighted by Crippen LogP contribution is -2.14. The first-order valence-corrected chi connectivity index (χ1v) is 6.33. The number of nitrogens with one attached hydrogen (secondary N) is 2. The van der Waals surface area contributed by atoms with Crippen LogP contribution in [0.1, 0.15) is 5.56 Å². The van der Waals surface area contributed by atoms with Gasteiger partial charge in [0.2, 0.25) is 5.91 Å². The Morgan fingerprint density at radius 3 is 2.76 bits per heavy atom. The fourth-order valence-electron chi connectivity index (χ4n) is 2.07. The highest BCUT2D eigenvalue weighted by atomic mass is 19.1. The number of benzene rings is 2. The third-order valence-electron chi connectivity index (χ3n) is 3.08. The lowest BCUT2D eigenvalue weighted by molar-refractivity contribution is -0.115. The first-order chi connectivity index (χ1) is 10.1. The highest BCUT2D eigenvalue weighted by Gasteiger charge is 2.10. The molecule has 3 aromatic rings. The number of anilines is 1. The highest BCUT2D eigenvalue weighted by Crippen LogP contribution is 2.24. The molecule has 3 rings (SSSR count). The van der Waals surface area contributed by atoms with Crippen LogP contribution in [0.4, 0.5) is 10.2 Å². The Hall–Kier alpha value is -2.89. The van der Waals surface area contributed by atoms with Crippen LogP contribution in [0.25, 0.3) is 10.9 Å². The Morgan fingerprint density at radius 2 is 2.00 bits per heavy atom. The molecule has 21 heavy (non-hydrogen) atoms. The van der Waals surface area contributed by atoms with Crippen molar-refractivity contribution in [1.82, 2.24) is 10.2 Å². The molecular formula is C15H12FN3O2. The Bertz CT molecular complexity index is 796. The second-order valence-electron chi connectivity index (χ2n) is 4.65. The fourth-order valence-corrected chi connectivity index (χ4v) is 2.07. The van der Waals surface area contributed by atoms with Crippen LogP contribution in [0.3, 0.4) is 0 Å². The van der Waals surface area contributed by atoms with Crippen LogP contribution in [-0.4, -0.2) is 21.2 Å². The molecule has 6 heteroatoms. The average molecular weight is 285 g/mol. The summed E-state index contributed by atoms with van der Waals surface area (Å²) in [6.45, 7) is 0. The van der Waals surface area contributed by atoms with Crippen LogP contribution in [-0.2, 0) is 11.2 Å². The van der Waals surface area contributed by atoms with Gasteiger partial charge < -0.3 is 10.4 Å². The summed E-state index contributed by atoms with van der Waals surface area (Å²) >= 11 is 0. The Kier molecular flexibility index (Phi) is 3.27. The van der Waals surface area contributed by atoms with E-state index in [-0.39, 0.29) is 23.9 Å². The van der Waals surface area contributed by atoms with E-state index in [0.29, 0.717) is 22.3 Å². The van der Waals surface area contributed by atoms with Gasteiger partial charge in [0.05, 0.1) is 11.9 Å². The molecule has 2 aromatic carbocycles. The van der Waals surface area contributed by atoms with E-state index in [0.717, 1.165) is 0 Å². The quantitative estimate of drug-likeness (QED) is 0.692. The normalized spacial score (nSPS) is 10.7. The lowest BCUT2D eigenvalue weighted by atomic mass is 10.1. The molecule has 0 aliphatic heterocycles. The summed E-state index contributed by atoms with van der Waals surface area (Å²) in [6.07, 6.45) is 0.132. The number of H-pyrrole nitrogens is 1. The van der Waals surface area contributed by atoms with Crippen LogP contribution in [0.2, 0.25) is 0 Å². The second-order valence-corrected chi connectivity index (χ2v) is 4.65. The summed E-state index contributed by atoms with van der Waals surface area (Å²) in [5, 5.41) is 19.5. The van der Waals surface area contributed by atoms with Crippen molar-refractivity contribution in [3.05, 3.63) is 53.8 Å². The monoisotopic (exact) mass is 285 g/mol. The molecule has 106 valence electrons. The van der Waals surface area contributed by atoms with E-state index >= 15 is 0 Å². The second kappa shape index (κ2) is 5.24. The maximum atomic E-state index is 12.8. The molecule has 0 atom stereocenters. The minimum atomic E-state index is -0.336. The Morgan fingerprint density at radius 1 is 1.24 bits per heavy atom. The van der Waals surface area contributed by atoms with Crippen molar-refractivity contribution < 1.29 is 14.3 Å². The molecule has 5 nitrogen and oxygen atoms in total. The average Bonchev–Trinajstić information content (AvgIpc) is 2.83. The molecule has 0 saturated carbocycles. The van der Waals surface area contributed by atoms with Gasteiger partial charge in [0.15, 0.2) is 5.82 Å². The van der Waals surface area contributed by atoms with Gasteiger partial charge in [-0.3, -0.25) is 9.89 Å². The number of aromatic nitrogens is 2. The maximum absolute atomic E-state index is 12.8. The minimum absolute atomic E-state index is 0.121. The van der Waals surface area contributed by atoms with E-state index in [1.807, 2.05) is 0 Å². The molecule has 0 aliphatic carbocycles. The summed E-state index contributed by atoms with van der Waals surface area (Å²) in [5.41, 5.74) is 1.35. The zero-order chi connectivity index (χ0) is 14.8. The third-order valence-corrected chi connectivity index (χ3v) is 3.08. The summed E-state index contributed by atoms with van der Waals surface area (Å²) in [4.78, 5) is 12.0. The standard InChI is InChI=1S/C15H12FN3O2/c16-10-3-1-9(2-4-10)7-14(21)17-15-12-6-5-11(20)8-13(12)18-19-15/h1-6,8,20H,7H2,(H2,17,18,19,21). The largest absolute Gasteiger partial charge is 0.508 e. The highest BCUT2D eigenvalue weighted by molar-refractivity contribution is 6.00. The van der Waals surface area contributed by atoms with E-state index in [4.69, 9.17) is 0 Å². The number of nitrogens with zero attached hydrogens (tertiary/aromatic N) is 1. The molecule has 1 heterocycles. The van der Waals surface area contributed by atoms with Crippen LogP contribution in [0.15, 0.2) is 42.5 Å². The maximum Gasteiger partial charge on any atom is 0.230 e. The number of hydrogen-bond acceptors (Lipinski definition) is 3. The topological polar surface area (TPSA) is 78.0 Å². The molecule has 1 amide bonds. The van der Waals surface area contributed by atoms with Crippen molar-refractivity contribution in [1.29, 1.82) is 0 Å². The molecule has 0 aliphatic rings. The number of phenols is 1. The molecule has 0 unspecified atom stereocenters. The number of fused-ring (bicyclic) bond motifs is 1. The molecule has 0 saturated heterocycles. The molecule has 0 bridgehead atoms. The number of rotatable bonds is 3. The number of hydrogen-bond donors (Lipinski definition) is 3. The summed E-state index contributed by atoms with van der Waals surface area (Å²) in [5.74, 6) is -0.0622. The van der Waals surface area contributed by atoms with Gasteiger partial charge in [-0.2, -0.15) is 5.10 Å². The van der Waals surface area contributed by atoms with Gasteiger partial charge in [-0.05, 0) is 29.8 Å². The van der Waals surface area contributed by atoms with Gasteiger partial charge in [-0.25, -0.2) is 4.39 Å². The zero-order valence-corrected chi connectivity index (χ0v) is 10.9. The van der Waals surface area contributed by atoms with Gasteiger partial charge >= 0.3 is 0 Å². The minimum Gasteiger partial charge on any atom is -0.508 e. The number of halogens is 1. The van der Waals surface area contributed by atoms with E-state index in [2.05, 4.69) is 15.5 Å². The van der Waals surface area contributed by atoms with Crippen LogP contribution in [0.5, 0.6) is 5.75 Å². The summed E-state index contributed by atoms with van der Waals surface area (Å²) in [6, 6.07) is 10.5. The lowest BCUT2D eigenvalue weighted by Gasteiger charge is -2.03. The van der Waals surface area contributed by atoms with Crippen LogP contribution >= 0.6 is 0 Å². The van der Waals surface area contributed by atoms with Gasteiger partial charge in [0.1, 0.15) is 11.6 Å². The number of amides is 1. The SMILES string of the molecule is O=C(Cc1ccc(F)cc1)Nc1n[nH]c2cc(O)ccc12. The van der Waals surface area contributed by atoms with Crippen molar-refractivity contribution in [2.45, 2.75) is 6.42 Å². The number of carbonyl (C=O) groups excluding carboxylic acids is 1. The molecule has 0 radical (unpaired) electrons. The van der Waals surface area contributed by atoms with E-state index in [1.165, 1.54) is 24.3 Å². The predicted molar refractivity (Wildman–Crippen MR) is 76.5 cm³/mol. The zero-order valence-electron chi connectivity index (χ0n) is 10.9. The van der Waals surface area contributed by atoms with Crippen molar-refractivity contribution in [3.8, 4) is 5.75 Å². The molecule has 3 N–H and O–H groups in total. The van der Waals surface area contributed by atoms with E-state index in [9.17, 15) is 14.3 Å². The number of aromatic hydroxyl groups is 1. The number of carbonyl (C=O) groups is 1. The Balaban J connectivity index is 1.75. The van der Waals surface area contributed by atoms with E-state index in [1.54, 1.807) is 18.2 Å². The van der Waals surface area contributed by atoms with Crippen molar-refractivity contribution in [2.75, 3.05) is 5.32 Å². The van der Waals surface area contributed by atoms with Crippen LogP contribution < -0.4 is 5.32 Å². The van der Waals surface area contributed by atoms with Gasteiger partial charge in [-0.1, -0.05) is 12.1 Å². The summed E-state index contributed by atoms with van der Waals surface area (Å²) < 4.78 is 12.8. The first kappa shape index (κ1) is 13.1. The van der Waals surface area contributed by atoms with Crippen molar-refractivity contribution in [2.24, 2.45) is 0 Å². The molecular weight excluding hydrogens is 273 g/mol. The molecule has 1 aromatic heterocycles. The number of phenolic OH excluding ortho intramolecular Hbond substituents is 1. The van der Waals surface area contributed by atoms with Crippen molar-refractivity contribution in [3.63, 3.8) is 0 Å². The van der Waals surface area contributed by atoms with Crippen molar-refractivity contribution >= 4 is 22.6 Å². The summed E-state index contributed by atoms with van der Waals surface area (Å²) in [7, 11) is 0.